The van der Waals surface area contributed by atoms with Crippen LogP contribution in [0, 0.1) is 20.6 Å². The van der Waals surface area contributed by atoms with Gasteiger partial charge in [0, 0.05) is 15.7 Å². The number of aryl methyl sites for hydroxylation is 1. The topological polar surface area (TPSA) is 65.3 Å². The van der Waals surface area contributed by atoms with Crippen molar-refractivity contribution in [2.45, 2.75) is 6.92 Å². The van der Waals surface area contributed by atoms with E-state index < -0.39 is 4.92 Å². The van der Waals surface area contributed by atoms with Crippen LogP contribution >= 0.6 is 33.9 Å². The smallest absolute Gasteiger partial charge is 0.313 e. The average Bonchev–Trinajstić information content (AvgIpc) is 2.79. The second-order valence-electron chi connectivity index (χ2n) is 4.33. The van der Waals surface area contributed by atoms with Crippen LogP contribution in [0.1, 0.15) is 5.01 Å². The summed E-state index contributed by atoms with van der Waals surface area (Å²) >= 11 is 3.62. The molecule has 0 aliphatic rings. The lowest BCUT2D eigenvalue weighted by Crippen LogP contribution is -1.93. The first kappa shape index (κ1) is 14.2. The Hall–Kier alpha value is -1.74. The van der Waals surface area contributed by atoms with Gasteiger partial charge in [-0.25, -0.2) is 4.98 Å². The average molecular weight is 412 g/mol. The number of aromatic nitrogens is 1. The first-order valence-corrected chi connectivity index (χ1v) is 7.91. The van der Waals surface area contributed by atoms with Crippen molar-refractivity contribution in [3.05, 3.63) is 55.1 Å². The Morgan fingerprint density at radius 2 is 2.00 bits per heavy atom. The summed E-state index contributed by atoms with van der Waals surface area (Å²) in [6, 6.07) is 10.5. The van der Waals surface area contributed by atoms with E-state index in [9.17, 15) is 10.1 Å². The largest absolute Gasteiger partial charge is 0.450 e. The number of halogens is 1. The number of ether oxygens (including phenoxy) is 1. The third-order valence-corrected chi connectivity index (χ3v) is 4.47. The Kier molecular flexibility index (Phi) is 3.77. The molecule has 21 heavy (non-hydrogen) atoms. The molecule has 0 unspecified atom stereocenters. The zero-order valence-corrected chi connectivity index (χ0v) is 13.8. The van der Waals surface area contributed by atoms with Gasteiger partial charge in [0.1, 0.15) is 5.75 Å². The van der Waals surface area contributed by atoms with Crippen molar-refractivity contribution < 1.29 is 9.66 Å². The summed E-state index contributed by atoms with van der Waals surface area (Å²) in [4.78, 5) is 15.1. The van der Waals surface area contributed by atoms with Crippen molar-refractivity contribution in [3.8, 4) is 11.5 Å². The lowest BCUT2D eigenvalue weighted by Gasteiger charge is -2.06. The molecule has 0 bridgehead atoms. The van der Waals surface area contributed by atoms with Crippen molar-refractivity contribution >= 4 is 49.8 Å². The minimum atomic E-state index is -0.434. The van der Waals surface area contributed by atoms with E-state index in [0.717, 1.165) is 13.3 Å². The fourth-order valence-corrected chi connectivity index (χ4v) is 3.11. The molecule has 0 atom stereocenters. The molecule has 0 aliphatic carbocycles. The van der Waals surface area contributed by atoms with Gasteiger partial charge in [-0.15, -0.1) is 11.3 Å². The third-order valence-electron chi connectivity index (χ3n) is 2.81. The van der Waals surface area contributed by atoms with Gasteiger partial charge in [-0.1, -0.05) is 0 Å². The van der Waals surface area contributed by atoms with E-state index in [1.54, 1.807) is 18.2 Å². The molecule has 0 saturated heterocycles. The number of rotatable bonds is 3. The van der Waals surface area contributed by atoms with Gasteiger partial charge in [0.05, 0.1) is 20.1 Å². The molecule has 3 aromatic rings. The minimum absolute atomic E-state index is 0.0512. The molecule has 1 aromatic heterocycles. The molecule has 0 radical (unpaired) electrons. The quantitative estimate of drug-likeness (QED) is 0.348. The van der Waals surface area contributed by atoms with E-state index in [1.165, 1.54) is 17.4 Å². The zero-order valence-electron chi connectivity index (χ0n) is 10.9. The maximum absolute atomic E-state index is 11.2. The second kappa shape index (κ2) is 5.57. The van der Waals surface area contributed by atoms with Gasteiger partial charge >= 0.3 is 5.69 Å². The van der Waals surface area contributed by atoms with Crippen LogP contribution in [0.2, 0.25) is 0 Å². The first-order valence-electron chi connectivity index (χ1n) is 6.02. The van der Waals surface area contributed by atoms with Gasteiger partial charge in [-0.3, -0.25) is 10.1 Å². The molecule has 0 spiro atoms. The van der Waals surface area contributed by atoms with Gasteiger partial charge in [0.15, 0.2) is 0 Å². The molecule has 0 aliphatic heterocycles. The molecule has 1 heterocycles. The highest BCUT2D eigenvalue weighted by Crippen LogP contribution is 2.37. The van der Waals surface area contributed by atoms with Crippen LogP contribution in [0.5, 0.6) is 11.5 Å². The summed E-state index contributed by atoms with van der Waals surface area (Å²) in [7, 11) is 0. The Balaban J connectivity index is 2.08. The lowest BCUT2D eigenvalue weighted by atomic mass is 10.2. The summed E-state index contributed by atoms with van der Waals surface area (Å²) in [5, 5.41) is 12.1. The number of hydrogen-bond donors (Lipinski definition) is 0. The minimum Gasteiger partial charge on any atom is -0.450 e. The Labute approximate surface area is 137 Å². The van der Waals surface area contributed by atoms with E-state index in [-0.39, 0.29) is 11.4 Å². The van der Waals surface area contributed by atoms with E-state index in [2.05, 4.69) is 27.6 Å². The van der Waals surface area contributed by atoms with E-state index in [1.807, 2.05) is 19.1 Å². The molecule has 0 fully saturated rings. The molecule has 0 N–H and O–H groups in total. The molecular weight excluding hydrogens is 403 g/mol. The molecule has 7 heteroatoms. The van der Waals surface area contributed by atoms with Crippen molar-refractivity contribution in [2.24, 2.45) is 0 Å². The summed E-state index contributed by atoms with van der Waals surface area (Å²) in [6.07, 6.45) is 0. The lowest BCUT2D eigenvalue weighted by molar-refractivity contribution is -0.385. The number of nitro groups is 1. The van der Waals surface area contributed by atoms with Crippen LogP contribution in [-0.4, -0.2) is 9.91 Å². The van der Waals surface area contributed by atoms with Crippen molar-refractivity contribution in [3.63, 3.8) is 0 Å². The molecular formula is C14H9IN2O3S. The number of fused-ring (bicyclic) bond motifs is 1. The summed E-state index contributed by atoms with van der Waals surface area (Å²) in [6.45, 7) is 1.87. The molecule has 0 saturated carbocycles. The fraction of sp³-hybridized carbons (Fsp3) is 0.0714. The first-order chi connectivity index (χ1) is 10.0. The van der Waals surface area contributed by atoms with Gasteiger partial charge in [0.25, 0.3) is 0 Å². The predicted molar refractivity (Wildman–Crippen MR) is 90.2 cm³/mol. The van der Waals surface area contributed by atoms with Gasteiger partial charge in [0.2, 0.25) is 5.75 Å². The SMILES string of the molecule is Cc1nc2cc(Oc3ccc(I)cc3)c([N+](=O)[O-])cc2s1. The summed E-state index contributed by atoms with van der Waals surface area (Å²) < 4.78 is 7.52. The van der Waals surface area contributed by atoms with Crippen LogP contribution < -0.4 is 4.74 Å². The van der Waals surface area contributed by atoms with Crippen LogP contribution in [0.3, 0.4) is 0 Å². The highest BCUT2D eigenvalue weighted by atomic mass is 127. The van der Waals surface area contributed by atoms with Gasteiger partial charge < -0.3 is 4.74 Å². The van der Waals surface area contributed by atoms with Crippen molar-refractivity contribution in [2.75, 3.05) is 0 Å². The highest BCUT2D eigenvalue weighted by molar-refractivity contribution is 14.1. The summed E-state index contributed by atoms with van der Waals surface area (Å²) in [5.41, 5.74) is 0.660. The van der Waals surface area contributed by atoms with E-state index >= 15 is 0 Å². The number of benzene rings is 2. The number of nitro benzene ring substituents is 1. The Morgan fingerprint density at radius 3 is 2.67 bits per heavy atom. The molecule has 2 aromatic carbocycles. The second-order valence-corrected chi connectivity index (χ2v) is 6.81. The van der Waals surface area contributed by atoms with E-state index in [4.69, 9.17) is 4.74 Å². The Morgan fingerprint density at radius 1 is 1.29 bits per heavy atom. The Bertz CT molecular complexity index is 830. The molecule has 5 nitrogen and oxygen atoms in total. The van der Waals surface area contributed by atoms with Crippen LogP contribution in [0.15, 0.2) is 36.4 Å². The maximum atomic E-state index is 11.2. The monoisotopic (exact) mass is 412 g/mol. The standard InChI is InChI=1S/C14H9IN2O3S/c1-8-16-11-6-13(12(17(18)19)7-14(11)21-8)20-10-4-2-9(15)3-5-10/h2-7H,1H3. The van der Waals surface area contributed by atoms with Gasteiger partial charge in [-0.05, 0) is 53.8 Å². The molecule has 106 valence electrons. The maximum Gasteiger partial charge on any atom is 0.313 e. The molecule has 3 rings (SSSR count). The van der Waals surface area contributed by atoms with Crippen LogP contribution in [-0.2, 0) is 0 Å². The van der Waals surface area contributed by atoms with Gasteiger partial charge in [-0.2, -0.15) is 0 Å². The number of thiazole rings is 1. The van der Waals surface area contributed by atoms with Crippen molar-refractivity contribution in [1.29, 1.82) is 0 Å². The predicted octanol–water partition coefficient (Wildman–Crippen LogP) is 4.91. The molecule has 0 amide bonds. The van der Waals surface area contributed by atoms with E-state index in [0.29, 0.717) is 11.3 Å². The summed E-state index contributed by atoms with van der Waals surface area (Å²) in [5.74, 6) is 0.767. The fourth-order valence-electron chi connectivity index (χ4n) is 1.91. The number of nitrogens with zero attached hydrogens (tertiary/aromatic N) is 2. The number of hydrogen-bond acceptors (Lipinski definition) is 5. The third kappa shape index (κ3) is 2.98. The zero-order chi connectivity index (χ0) is 15.0. The van der Waals surface area contributed by atoms with Crippen molar-refractivity contribution in [1.82, 2.24) is 4.98 Å². The normalized spacial score (nSPS) is 10.8. The van der Waals surface area contributed by atoms with Crippen LogP contribution in [0.25, 0.3) is 10.2 Å². The highest BCUT2D eigenvalue weighted by Gasteiger charge is 2.19. The van der Waals surface area contributed by atoms with Crippen LogP contribution in [0.4, 0.5) is 5.69 Å².